The van der Waals surface area contributed by atoms with E-state index in [1.807, 2.05) is 74.1 Å². The maximum absolute atomic E-state index is 13.0. The van der Waals surface area contributed by atoms with Crippen molar-refractivity contribution < 1.29 is 19.1 Å². The highest BCUT2D eigenvalue weighted by Crippen LogP contribution is 2.42. The van der Waals surface area contributed by atoms with Gasteiger partial charge in [-0.25, -0.2) is 4.58 Å². The summed E-state index contributed by atoms with van der Waals surface area (Å²) in [6.45, 7) is 1.15. The van der Waals surface area contributed by atoms with Crippen LogP contribution in [0.25, 0.3) is 33.4 Å². The van der Waals surface area contributed by atoms with Crippen LogP contribution in [0, 0.1) is 0 Å². The molecule has 1 aliphatic heterocycles. The number of carbonyl (C=O) groups is 2. The lowest BCUT2D eigenvalue weighted by Gasteiger charge is -2.20. The molecule has 1 aliphatic carbocycles. The highest BCUT2D eigenvalue weighted by atomic mass is 16.4. The summed E-state index contributed by atoms with van der Waals surface area (Å²) < 4.78 is 8.32. The number of benzene rings is 3. The van der Waals surface area contributed by atoms with Gasteiger partial charge in [-0.2, -0.15) is 0 Å². The van der Waals surface area contributed by atoms with Crippen LogP contribution in [0.5, 0.6) is 0 Å². The monoisotopic (exact) mass is 514 g/mol. The Labute approximate surface area is 222 Å². The molecule has 3 N–H and O–H groups in total. The van der Waals surface area contributed by atoms with Crippen LogP contribution in [0.4, 0.5) is 5.69 Å². The highest BCUT2D eigenvalue weighted by molar-refractivity contribution is 6.09. The van der Waals surface area contributed by atoms with E-state index in [-0.39, 0.29) is 11.5 Å². The molecule has 38 heavy (non-hydrogen) atoms. The molecule has 8 nitrogen and oxygen atoms in total. The Kier molecular flexibility index (Phi) is 8.12. The number of aromatic carboxylic acids is 1. The first-order chi connectivity index (χ1) is 18.2. The number of hydrogen-bond donors (Lipinski definition) is 2. The molecular weight excluding hydrogens is 480 g/mol. The van der Waals surface area contributed by atoms with Crippen molar-refractivity contribution in [2.75, 3.05) is 46.2 Å². The molecule has 0 aromatic heterocycles. The lowest BCUT2D eigenvalue weighted by Crippen LogP contribution is -2.26. The number of nitrogens with one attached hydrogen (secondary N) is 1. The number of fused-ring (bicyclic) bond motifs is 2. The second-order valence-corrected chi connectivity index (χ2v) is 9.78. The molecule has 0 atom stereocenters. The van der Waals surface area contributed by atoms with Crippen molar-refractivity contribution >= 4 is 28.5 Å². The van der Waals surface area contributed by atoms with Gasteiger partial charge in [-0.1, -0.05) is 12.5 Å². The fourth-order valence-corrected chi connectivity index (χ4v) is 4.53. The third kappa shape index (κ3) is 5.55. The van der Waals surface area contributed by atoms with E-state index in [2.05, 4.69) is 5.32 Å². The predicted molar refractivity (Wildman–Crippen MR) is 149 cm³/mol. The summed E-state index contributed by atoms with van der Waals surface area (Å²) in [7, 11) is 7.78. The molecule has 4 rings (SSSR count). The van der Waals surface area contributed by atoms with Crippen LogP contribution in [-0.2, 0) is 0 Å². The summed E-state index contributed by atoms with van der Waals surface area (Å²) >= 11 is 0. The van der Waals surface area contributed by atoms with Crippen LogP contribution in [0.3, 0.4) is 0 Å². The molecule has 0 spiro atoms. The second kappa shape index (κ2) is 11.5. The fourth-order valence-electron chi connectivity index (χ4n) is 4.53. The Balaban J connectivity index is 1.94. The van der Waals surface area contributed by atoms with Gasteiger partial charge in [0.25, 0.3) is 5.91 Å². The Bertz CT molecular complexity index is 1530. The van der Waals surface area contributed by atoms with Crippen molar-refractivity contribution in [1.82, 2.24) is 9.89 Å². The van der Waals surface area contributed by atoms with Crippen molar-refractivity contribution in [3.8, 4) is 22.5 Å². The number of rotatable bonds is 9. The van der Waals surface area contributed by atoms with Crippen LogP contribution in [0.15, 0.2) is 59.0 Å². The van der Waals surface area contributed by atoms with E-state index in [1.54, 1.807) is 6.07 Å². The standard InChI is InChI=1S/C30H34N4O4/c1-33(2)20-9-12-23-26(17-20)38-27-18-21(34(3)4)10-13-24(27)28(23)25-16-19(8-11-22(25)30(36)37)29(35)32-15-7-5-6-14-31/h8-13,16-18H,5-7,14-15,31H2,1-4H3,(H-,32,35,36,37). The zero-order chi connectivity index (χ0) is 27.4. The van der Waals surface area contributed by atoms with E-state index >= 15 is 0 Å². The Morgan fingerprint density at radius 2 is 1.76 bits per heavy atom. The number of nitrogens with two attached hydrogens (primary N) is 1. The maximum Gasteiger partial charge on any atom is 0.251 e. The number of nitrogens with zero attached hydrogens (tertiary/aromatic N) is 2. The maximum atomic E-state index is 13.0. The average molecular weight is 515 g/mol. The van der Waals surface area contributed by atoms with Crippen molar-refractivity contribution in [3.05, 3.63) is 71.1 Å². The van der Waals surface area contributed by atoms with Gasteiger partial charge in [0, 0.05) is 66.1 Å². The summed E-state index contributed by atoms with van der Waals surface area (Å²) in [6.07, 6.45) is 2.66. The first-order valence-electron chi connectivity index (χ1n) is 12.7. The van der Waals surface area contributed by atoms with Crippen LogP contribution in [0.1, 0.15) is 40.0 Å². The van der Waals surface area contributed by atoms with E-state index < -0.39 is 5.97 Å². The minimum absolute atomic E-state index is 0.00617. The lowest BCUT2D eigenvalue weighted by atomic mass is 9.89. The minimum Gasteiger partial charge on any atom is -0.545 e. The quantitative estimate of drug-likeness (QED) is 0.202. The highest BCUT2D eigenvalue weighted by Gasteiger charge is 2.22. The zero-order valence-corrected chi connectivity index (χ0v) is 22.3. The van der Waals surface area contributed by atoms with Crippen molar-refractivity contribution in [1.29, 1.82) is 0 Å². The van der Waals surface area contributed by atoms with E-state index in [0.717, 1.165) is 41.3 Å². The molecular formula is C30H34N4O4. The van der Waals surface area contributed by atoms with Gasteiger partial charge < -0.3 is 30.3 Å². The Morgan fingerprint density at radius 3 is 2.45 bits per heavy atom. The minimum atomic E-state index is -1.31. The van der Waals surface area contributed by atoms with Crippen LogP contribution in [0.2, 0.25) is 0 Å². The van der Waals surface area contributed by atoms with Gasteiger partial charge in [0.1, 0.15) is 25.4 Å². The molecule has 0 bridgehead atoms. The smallest absolute Gasteiger partial charge is 0.251 e. The summed E-state index contributed by atoms with van der Waals surface area (Å²) in [5, 5.41) is 16.9. The van der Waals surface area contributed by atoms with Gasteiger partial charge in [0.2, 0.25) is 5.36 Å². The van der Waals surface area contributed by atoms with Gasteiger partial charge in [-0.05, 0) is 55.3 Å². The first kappa shape index (κ1) is 26.9. The Morgan fingerprint density at radius 1 is 0.974 bits per heavy atom. The zero-order valence-electron chi connectivity index (χ0n) is 22.3. The number of carbonyl (C=O) groups excluding carboxylic acids is 2. The van der Waals surface area contributed by atoms with Crippen LogP contribution in [-0.4, -0.2) is 53.2 Å². The number of hydrogen-bond acceptors (Lipinski definition) is 6. The largest absolute Gasteiger partial charge is 0.545 e. The molecule has 0 radical (unpaired) electrons. The van der Waals surface area contributed by atoms with E-state index in [9.17, 15) is 14.7 Å². The van der Waals surface area contributed by atoms with Crippen molar-refractivity contribution in [2.24, 2.45) is 5.73 Å². The Hall–Kier alpha value is -4.17. The molecule has 2 aliphatic rings. The molecule has 0 fully saturated rings. The molecule has 198 valence electrons. The number of unbranched alkanes of at least 4 members (excludes halogenated alkanes) is 2. The lowest BCUT2D eigenvalue weighted by molar-refractivity contribution is -0.254. The third-order valence-corrected chi connectivity index (χ3v) is 6.66. The molecule has 2 aromatic carbocycles. The van der Waals surface area contributed by atoms with Gasteiger partial charge in [-0.3, -0.25) is 4.79 Å². The van der Waals surface area contributed by atoms with Crippen molar-refractivity contribution in [3.63, 3.8) is 0 Å². The summed E-state index contributed by atoms with van der Waals surface area (Å²) in [6, 6.07) is 16.2. The number of carboxylic acid groups (broad SMARTS) is 1. The van der Waals surface area contributed by atoms with E-state index in [1.165, 1.54) is 12.1 Å². The topological polar surface area (TPSA) is 115 Å². The number of anilines is 1. The predicted octanol–water partition coefficient (Wildman–Crippen LogP) is 2.52. The first-order valence-corrected chi connectivity index (χ1v) is 12.7. The number of amides is 1. The summed E-state index contributed by atoms with van der Waals surface area (Å²) in [5.41, 5.74) is 9.29. The second-order valence-electron chi connectivity index (χ2n) is 9.78. The average Bonchev–Trinajstić information content (AvgIpc) is 2.90. The summed E-state index contributed by atoms with van der Waals surface area (Å²) in [4.78, 5) is 27.2. The van der Waals surface area contributed by atoms with Crippen LogP contribution < -0.4 is 31.0 Å². The van der Waals surface area contributed by atoms with E-state index in [0.29, 0.717) is 41.1 Å². The molecule has 1 heterocycles. The fraction of sp³-hybridized carbons (Fsp3) is 0.300. The molecule has 0 unspecified atom stereocenters. The molecule has 0 saturated heterocycles. The summed E-state index contributed by atoms with van der Waals surface area (Å²) in [5.74, 6) is -0.970. The molecule has 2 aromatic rings. The molecule has 8 heteroatoms. The third-order valence-electron chi connectivity index (χ3n) is 6.66. The van der Waals surface area contributed by atoms with Gasteiger partial charge in [0.15, 0.2) is 0 Å². The van der Waals surface area contributed by atoms with E-state index in [4.69, 9.17) is 10.2 Å². The molecule has 1 amide bonds. The number of carboxylic acids is 1. The van der Waals surface area contributed by atoms with Gasteiger partial charge in [0.05, 0.1) is 12.0 Å². The SMILES string of the molecule is CN(C)c1ccc2c(-c3cc(C(=O)NCCCCCN)ccc3C(=O)[O-])c3ccc(=[N+](C)C)cc-3oc2c1. The van der Waals surface area contributed by atoms with Gasteiger partial charge >= 0.3 is 0 Å². The normalized spacial score (nSPS) is 11.1. The van der Waals surface area contributed by atoms with Crippen molar-refractivity contribution in [2.45, 2.75) is 19.3 Å². The van der Waals surface area contributed by atoms with Crippen LogP contribution >= 0.6 is 0 Å². The van der Waals surface area contributed by atoms with Gasteiger partial charge in [-0.15, -0.1) is 0 Å². The molecule has 0 saturated carbocycles.